The van der Waals surface area contributed by atoms with Gasteiger partial charge in [-0.15, -0.1) is 11.3 Å². The maximum atomic E-state index is 13.0. The van der Waals surface area contributed by atoms with Crippen molar-refractivity contribution < 1.29 is 19.1 Å². The molecule has 34 heavy (non-hydrogen) atoms. The summed E-state index contributed by atoms with van der Waals surface area (Å²) in [6, 6.07) is 17.0. The Hall–Kier alpha value is -3.89. The highest BCUT2D eigenvalue weighted by Gasteiger charge is 2.23. The second-order valence-corrected chi connectivity index (χ2v) is 8.29. The molecule has 0 atom stereocenters. The highest BCUT2D eigenvalue weighted by molar-refractivity contribution is 7.15. The van der Waals surface area contributed by atoms with E-state index in [-0.39, 0.29) is 11.1 Å². The molecule has 1 aromatic heterocycles. The number of thiophene rings is 1. The van der Waals surface area contributed by atoms with Crippen LogP contribution in [0.25, 0.3) is 17.2 Å². The molecule has 0 fully saturated rings. The molecule has 3 aromatic rings. The molecule has 0 aliphatic heterocycles. The fourth-order valence-corrected chi connectivity index (χ4v) is 4.26. The van der Waals surface area contributed by atoms with Crippen LogP contribution < -0.4 is 10.1 Å². The van der Waals surface area contributed by atoms with Gasteiger partial charge in [-0.05, 0) is 36.1 Å². The van der Waals surface area contributed by atoms with Gasteiger partial charge in [0, 0.05) is 16.5 Å². The van der Waals surface area contributed by atoms with Crippen molar-refractivity contribution in [3.05, 3.63) is 76.2 Å². The van der Waals surface area contributed by atoms with E-state index in [4.69, 9.17) is 9.47 Å². The minimum Gasteiger partial charge on any atom is -0.493 e. The predicted octanol–water partition coefficient (Wildman–Crippen LogP) is 6.10. The van der Waals surface area contributed by atoms with Crippen molar-refractivity contribution in [2.24, 2.45) is 0 Å². The van der Waals surface area contributed by atoms with E-state index in [0.29, 0.717) is 28.5 Å². The molecule has 6 nitrogen and oxygen atoms in total. The molecule has 2 aromatic carbocycles. The number of carbonyl (C=O) groups excluding carboxylic acids is 2. The first-order valence-electron chi connectivity index (χ1n) is 11.0. The first-order valence-corrected chi connectivity index (χ1v) is 11.8. The lowest BCUT2D eigenvalue weighted by Crippen LogP contribution is -2.15. The summed E-state index contributed by atoms with van der Waals surface area (Å²) in [5.41, 5.74) is 3.46. The Labute approximate surface area is 203 Å². The minimum atomic E-state index is -0.618. The van der Waals surface area contributed by atoms with Crippen molar-refractivity contribution in [3.63, 3.8) is 0 Å². The number of anilines is 1. The molecule has 0 aliphatic rings. The van der Waals surface area contributed by atoms with Crippen molar-refractivity contribution in [2.45, 2.75) is 26.7 Å². The van der Waals surface area contributed by atoms with Crippen LogP contribution in [0.1, 0.15) is 41.8 Å². The zero-order chi connectivity index (χ0) is 24.5. The third-order valence-corrected chi connectivity index (χ3v) is 6.02. The van der Waals surface area contributed by atoms with Gasteiger partial charge in [0.05, 0.1) is 13.7 Å². The van der Waals surface area contributed by atoms with Crippen molar-refractivity contribution in [2.75, 3.05) is 19.0 Å². The molecular formula is C27H26N2O4S. The number of carbonyl (C=O) groups is 2. The van der Waals surface area contributed by atoms with Crippen LogP contribution in [0.4, 0.5) is 5.00 Å². The van der Waals surface area contributed by atoms with Crippen LogP contribution in [0.2, 0.25) is 0 Å². The van der Waals surface area contributed by atoms with Gasteiger partial charge in [-0.2, -0.15) is 5.26 Å². The van der Waals surface area contributed by atoms with Crippen LogP contribution in [-0.4, -0.2) is 25.6 Å². The van der Waals surface area contributed by atoms with E-state index in [1.54, 1.807) is 17.5 Å². The second kappa shape index (κ2) is 11.8. The molecule has 0 saturated heterocycles. The van der Waals surface area contributed by atoms with Gasteiger partial charge in [0.2, 0.25) is 0 Å². The molecule has 7 heteroatoms. The number of amides is 1. The molecule has 0 unspecified atom stereocenters. The van der Waals surface area contributed by atoms with Crippen LogP contribution in [-0.2, 0) is 16.0 Å². The fourth-order valence-electron chi connectivity index (χ4n) is 3.30. The summed E-state index contributed by atoms with van der Waals surface area (Å²) in [7, 11) is 1.30. The minimum absolute atomic E-state index is 0.106. The van der Waals surface area contributed by atoms with Gasteiger partial charge in [0.1, 0.15) is 28.0 Å². The summed E-state index contributed by atoms with van der Waals surface area (Å²) < 4.78 is 10.7. The van der Waals surface area contributed by atoms with E-state index in [0.717, 1.165) is 18.4 Å². The van der Waals surface area contributed by atoms with Crippen LogP contribution in [0.15, 0.2) is 59.5 Å². The highest BCUT2D eigenvalue weighted by Crippen LogP contribution is 2.36. The molecular weight excluding hydrogens is 448 g/mol. The summed E-state index contributed by atoms with van der Waals surface area (Å²) in [6.07, 6.45) is 3.23. The van der Waals surface area contributed by atoms with Crippen molar-refractivity contribution in [3.8, 4) is 22.9 Å². The molecule has 1 N–H and O–H groups in total. The van der Waals surface area contributed by atoms with E-state index in [2.05, 4.69) is 12.2 Å². The topological polar surface area (TPSA) is 88.4 Å². The SMILES string of the molecule is CCCOc1ccccc1/C=C(\C#N)C(=O)Nc1scc(-c2ccc(CC)cc2)c1C(=O)OC. The van der Waals surface area contributed by atoms with E-state index in [9.17, 15) is 14.9 Å². The number of hydrogen-bond acceptors (Lipinski definition) is 6. The number of esters is 1. The summed E-state index contributed by atoms with van der Waals surface area (Å²) in [4.78, 5) is 25.6. The summed E-state index contributed by atoms with van der Waals surface area (Å²) in [5.74, 6) is -0.589. The Morgan fingerprint density at radius 1 is 1.12 bits per heavy atom. The largest absolute Gasteiger partial charge is 0.493 e. The quantitative estimate of drug-likeness (QED) is 0.230. The van der Waals surface area contributed by atoms with Gasteiger partial charge in [0.15, 0.2) is 0 Å². The maximum Gasteiger partial charge on any atom is 0.341 e. The number of ether oxygens (including phenoxy) is 2. The standard InChI is InChI=1S/C27H26N2O4S/c1-4-14-33-23-9-7-6-8-20(23)15-21(16-28)25(30)29-26-24(27(31)32-3)22(17-34-26)19-12-10-18(5-2)11-13-19/h6-13,15,17H,4-5,14H2,1-3H3,(H,29,30)/b21-15+. The molecule has 0 bridgehead atoms. The first kappa shape index (κ1) is 24.7. The number of para-hydroxylation sites is 1. The van der Waals surface area contributed by atoms with Gasteiger partial charge >= 0.3 is 5.97 Å². The lowest BCUT2D eigenvalue weighted by molar-refractivity contribution is -0.112. The highest BCUT2D eigenvalue weighted by atomic mass is 32.1. The number of aryl methyl sites for hydroxylation is 1. The average Bonchev–Trinajstić information content (AvgIpc) is 3.29. The Bertz CT molecular complexity index is 1240. The number of nitriles is 1. The van der Waals surface area contributed by atoms with E-state index < -0.39 is 11.9 Å². The zero-order valence-electron chi connectivity index (χ0n) is 19.4. The van der Waals surface area contributed by atoms with Crippen molar-refractivity contribution in [1.29, 1.82) is 5.26 Å². The molecule has 0 radical (unpaired) electrons. The van der Waals surface area contributed by atoms with Crippen LogP contribution in [0.3, 0.4) is 0 Å². The Morgan fingerprint density at radius 3 is 2.50 bits per heavy atom. The molecule has 0 spiro atoms. The van der Waals surface area contributed by atoms with Crippen molar-refractivity contribution >= 4 is 34.3 Å². The lowest BCUT2D eigenvalue weighted by Gasteiger charge is -2.09. The maximum absolute atomic E-state index is 13.0. The number of methoxy groups -OCH3 is 1. The number of nitrogens with one attached hydrogen (secondary N) is 1. The molecule has 1 amide bonds. The molecule has 0 aliphatic carbocycles. The summed E-state index contributed by atoms with van der Waals surface area (Å²) in [5, 5.41) is 14.5. The zero-order valence-corrected chi connectivity index (χ0v) is 20.2. The lowest BCUT2D eigenvalue weighted by atomic mass is 10.0. The van der Waals surface area contributed by atoms with Crippen LogP contribution >= 0.6 is 11.3 Å². The van der Waals surface area contributed by atoms with Gasteiger partial charge in [-0.25, -0.2) is 4.79 Å². The third-order valence-electron chi connectivity index (χ3n) is 5.13. The molecule has 3 rings (SSSR count). The summed E-state index contributed by atoms with van der Waals surface area (Å²) >= 11 is 1.21. The van der Waals surface area contributed by atoms with E-state index in [1.165, 1.54) is 30.1 Å². The van der Waals surface area contributed by atoms with Gasteiger partial charge in [-0.1, -0.05) is 56.3 Å². The number of rotatable bonds is 9. The second-order valence-electron chi connectivity index (χ2n) is 7.41. The van der Waals surface area contributed by atoms with Crippen LogP contribution in [0.5, 0.6) is 5.75 Å². The Kier molecular flexibility index (Phi) is 8.60. The normalized spacial score (nSPS) is 10.9. The molecule has 0 saturated carbocycles. The Balaban J connectivity index is 1.93. The Morgan fingerprint density at radius 2 is 1.85 bits per heavy atom. The number of benzene rings is 2. The van der Waals surface area contributed by atoms with Crippen molar-refractivity contribution in [1.82, 2.24) is 0 Å². The van der Waals surface area contributed by atoms with Gasteiger partial charge in [0.25, 0.3) is 5.91 Å². The van der Waals surface area contributed by atoms with E-state index >= 15 is 0 Å². The molecule has 174 valence electrons. The predicted molar refractivity (Wildman–Crippen MR) is 135 cm³/mol. The third kappa shape index (κ3) is 5.72. The molecule has 1 heterocycles. The van der Waals surface area contributed by atoms with E-state index in [1.807, 2.05) is 49.4 Å². The van der Waals surface area contributed by atoms with Gasteiger partial charge in [-0.3, -0.25) is 4.79 Å². The summed E-state index contributed by atoms with van der Waals surface area (Å²) in [6.45, 7) is 4.60. The average molecular weight is 475 g/mol. The monoisotopic (exact) mass is 474 g/mol. The van der Waals surface area contributed by atoms with Gasteiger partial charge < -0.3 is 14.8 Å². The first-order chi connectivity index (χ1) is 16.5. The number of nitrogens with zero attached hydrogens (tertiary/aromatic N) is 1. The number of hydrogen-bond donors (Lipinski definition) is 1. The smallest absolute Gasteiger partial charge is 0.341 e. The fraction of sp³-hybridized carbons (Fsp3) is 0.222. The van der Waals surface area contributed by atoms with Crippen LogP contribution in [0, 0.1) is 11.3 Å².